The third-order valence-electron chi connectivity index (χ3n) is 8.04. The molecular formula is C32H33N7O4S. The van der Waals surface area contributed by atoms with Gasteiger partial charge in [0.15, 0.2) is 0 Å². The number of amides is 3. The quantitative estimate of drug-likeness (QED) is 0.278. The first-order chi connectivity index (χ1) is 21.0. The second-order valence-electron chi connectivity index (χ2n) is 11.7. The van der Waals surface area contributed by atoms with Crippen LogP contribution in [0.3, 0.4) is 0 Å². The highest BCUT2D eigenvalue weighted by atomic mass is 32.1. The van der Waals surface area contributed by atoms with Gasteiger partial charge in [-0.1, -0.05) is 49.4 Å². The molecule has 0 saturated heterocycles. The van der Waals surface area contributed by atoms with Gasteiger partial charge in [0.25, 0.3) is 11.8 Å². The molecule has 12 heteroatoms. The Hall–Kier alpha value is -4.71. The smallest absolute Gasteiger partial charge is 0.282 e. The van der Waals surface area contributed by atoms with Gasteiger partial charge < -0.3 is 20.3 Å². The van der Waals surface area contributed by atoms with Gasteiger partial charge in [-0.05, 0) is 51.0 Å². The van der Waals surface area contributed by atoms with Crippen molar-refractivity contribution in [2.24, 2.45) is 5.41 Å². The second kappa shape index (κ2) is 11.4. The highest BCUT2D eigenvalue weighted by Crippen LogP contribution is 2.51. The summed E-state index contributed by atoms with van der Waals surface area (Å²) in [6.07, 6.45) is 1.93. The molecule has 226 valence electrons. The lowest BCUT2D eigenvalue weighted by atomic mass is 9.70. The van der Waals surface area contributed by atoms with Crippen LogP contribution in [0.25, 0.3) is 11.3 Å². The van der Waals surface area contributed by atoms with Gasteiger partial charge in [-0.15, -0.1) is 10.2 Å². The molecule has 4 aromatic rings. The van der Waals surface area contributed by atoms with Crippen molar-refractivity contribution in [2.45, 2.75) is 52.5 Å². The van der Waals surface area contributed by atoms with E-state index in [0.717, 1.165) is 46.6 Å². The fourth-order valence-corrected chi connectivity index (χ4v) is 5.81. The lowest BCUT2D eigenvalue weighted by molar-refractivity contribution is -0.124. The zero-order valence-corrected chi connectivity index (χ0v) is 26.0. The molecule has 4 heterocycles. The monoisotopic (exact) mass is 611 g/mol. The van der Waals surface area contributed by atoms with E-state index >= 15 is 0 Å². The van der Waals surface area contributed by atoms with E-state index in [1.807, 2.05) is 64.1 Å². The number of nitrogens with one attached hydrogen (secondary N) is 2. The summed E-state index contributed by atoms with van der Waals surface area (Å²) in [4.78, 5) is 49.9. The predicted octanol–water partition coefficient (Wildman–Crippen LogP) is 5.19. The van der Waals surface area contributed by atoms with Crippen LogP contribution >= 0.6 is 11.3 Å². The third kappa shape index (κ3) is 5.64. The average Bonchev–Trinajstić information content (AvgIpc) is 3.71. The average molecular weight is 612 g/mol. The molecule has 1 fully saturated rings. The van der Waals surface area contributed by atoms with Gasteiger partial charge in [0.05, 0.1) is 11.1 Å². The molecule has 44 heavy (non-hydrogen) atoms. The Morgan fingerprint density at radius 1 is 0.977 bits per heavy atom. The van der Waals surface area contributed by atoms with E-state index in [2.05, 4.69) is 25.8 Å². The number of carbonyl (C=O) groups is 3. The minimum Gasteiger partial charge on any atom is -0.420 e. The van der Waals surface area contributed by atoms with Gasteiger partial charge in [-0.3, -0.25) is 14.4 Å². The van der Waals surface area contributed by atoms with E-state index in [9.17, 15) is 14.4 Å². The Morgan fingerprint density at radius 3 is 2.34 bits per heavy atom. The fourth-order valence-electron chi connectivity index (χ4n) is 5.17. The molecule has 3 aromatic heterocycles. The minimum atomic E-state index is -1.01. The molecule has 11 nitrogen and oxygen atoms in total. The maximum atomic E-state index is 13.8. The van der Waals surface area contributed by atoms with Crippen molar-refractivity contribution in [3.63, 3.8) is 0 Å². The fraction of sp³-hybridized carbons (Fsp3) is 0.344. The molecule has 1 saturated carbocycles. The summed E-state index contributed by atoms with van der Waals surface area (Å²) in [5.41, 5.74) is 3.35. The molecule has 6 rings (SSSR count). The number of fused-ring (bicyclic) bond motifs is 2. The zero-order chi connectivity index (χ0) is 31.2. The predicted molar refractivity (Wildman–Crippen MR) is 166 cm³/mol. The standard InChI is InChI=1S/C32H33N7O4S/c1-6-39(5)29(41)19-10-8-18(9-11-19)23-16-15-22-24(21-14-7-17(2)33-26(21)43-27(22)35-23)32(3,4)30(42)36-31-38-37-28(44-31)25(40)34-20-12-13-20/h7-11,14-16,20,24H,6,12-13H2,1-5H3,(H,34,40)(H,36,38,42)/t24-/m0/s1. The number of hydrogen-bond donors (Lipinski definition) is 2. The summed E-state index contributed by atoms with van der Waals surface area (Å²) in [6, 6.07) is 15.1. The van der Waals surface area contributed by atoms with Gasteiger partial charge in [0, 0.05) is 53.5 Å². The van der Waals surface area contributed by atoms with Crippen molar-refractivity contribution in [3.8, 4) is 23.0 Å². The number of rotatable bonds is 8. The zero-order valence-electron chi connectivity index (χ0n) is 25.2. The molecule has 2 N–H and O–H groups in total. The Balaban J connectivity index is 1.30. The van der Waals surface area contributed by atoms with E-state index in [1.165, 1.54) is 0 Å². The van der Waals surface area contributed by atoms with Gasteiger partial charge in [0.1, 0.15) is 0 Å². The summed E-state index contributed by atoms with van der Waals surface area (Å²) in [5.74, 6) is -0.325. The van der Waals surface area contributed by atoms with Crippen LogP contribution in [-0.2, 0) is 4.79 Å². The summed E-state index contributed by atoms with van der Waals surface area (Å²) in [7, 11) is 1.77. The highest BCUT2D eigenvalue weighted by molar-refractivity contribution is 7.17. The maximum Gasteiger partial charge on any atom is 0.282 e. The molecule has 1 aliphatic heterocycles. The van der Waals surface area contributed by atoms with Crippen LogP contribution in [0.4, 0.5) is 5.13 Å². The Labute approximate surface area is 259 Å². The molecule has 1 atom stereocenters. The van der Waals surface area contributed by atoms with Crippen LogP contribution in [0.5, 0.6) is 11.8 Å². The van der Waals surface area contributed by atoms with Crippen LogP contribution in [0.15, 0.2) is 48.5 Å². The Morgan fingerprint density at radius 2 is 1.66 bits per heavy atom. The molecule has 1 aromatic carbocycles. The number of anilines is 1. The van der Waals surface area contributed by atoms with E-state index < -0.39 is 11.3 Å². The first kappa shape index (κ1) is 29.4. The molecule has 1 aliphatic carbocycles. The number of carbonyl (C=O) groups excluding carboxylic acids is 3. The molecule has 3 amide bonds. The normalized spacial score (nSPS) is 15.4. The largest absolute Gasteiger partial charge is 0.420 e. The van der Waals surface area contributed by atoms with E-state index in [1.54, 1.807) is 24.1 Å². The van der Waals surface area contributed by atoms with Crippen LogP contribution in [0, 0.1) is 12.3 Å². The number of aryl methyl sites for hydroxylation is 1. The van der Waals surface area contributed by atoms with Crippen molar-refractivity contribution in [3.05, 3.63) is 75.9 Å². The van der Waals surface area contributed by atoms with E-state index in [0.29, 0.717) is 29.6 Å². The van der Waals surface area contributed by atoms with Gasteiger partial charge in [-0.2, -0.15) is 0 Å². The third-order valence-corrected chi connectivity index (χ3v) is 8.88. The number of nitrogens with zero attached hydrogens (tertiary/aromatic N) is 5. The molecule has 0 spiro atoms. The van der Waals surface area contributed by atoms with Crippen LogP contribution in [-0.4, -0.2) is 62.4 Å². The summed E-state index contributed by atoms with van der Waals surface area (Å²) in [6.45, 7) is 8.13. The van der Waals surface area contributed by atoms with Gasteiger partial charge in [0.2, 0.25) is 27.8 Å². The van der Waals surface area contributed by atoms with Gasteiger partial charge >= 0.3 is 0 Å². The summed E-state index contributed by atoms with van der Waals surface area (Å²) >= 11 is 1.04. The lowest BCUT2D eigenvalue weighted by Gasteiger charge is -2.37. The number of benzene rings is 1. The van der Waals surface area contributed by atoms with Crippen molar-refractivity contribution in [1.29, 1.82) is 0 Å². The summed E-state index contributed by atoms with van der Waals surface area (Å²) in [5, 5.41) is 14.2. The number of hydrogen-bond acceptors (Lipinski definition) is 9. The van der Waals surface area contributed by atoms with Crippen molar-refractivity contribution < 1.29 is 19.1 Å². The van der Waals surface area contributed by atoms with Crippen LogP contribution in [0.2, 0.25) is 0 Å². The Bertz CT molecular complexity index is 1760. The topological polar surface area (TPSA) is 139 Å². The number of aromatic nitrogens is 4. The van der Waals surface area contributed by atoms with Crippen LogP contribution < -0.4 is 15.4 Å². The Kier molecular flexibility index (Phi) is 7.62. The number of ether oxygens (including phenoxy) is 1. The molecule has 0 bridgehead atoms. The molecule has 0 radical (unpaired) electrons. The first-order valence-corrected chi connectivity index (χ1v) is 15.3. The van der Waals surface area contributed by atoms with Crippen LogP contribution in [0.1, 0.15) is 76.5 Å². The molecule has 2 aliphatic rings. The maximum absolute atomic E-state index is 13.8. The first-order valence-electron chi connectivity index (χ1n) is 14.5. The molecular weight excluding hydrogens is 578 g/mol. The SMILES string of the molecule is CCN(C)C(=O)c1ccc(-c2ccc3c(n2)Oc2nc(C)ccc2[C@@H]3C(C)(C)C(=O)Nc2nnc(C(=O)NC3CC3)s2)cc1. The highest BCUT2D eigenvalue weighted by Gasteiger charge is 2.45. The van der Waals surface area contributed by atoms with Crippen molar-refractivity contribution >= 4 is 34.2 Å². The molecule has 0 unspecified atom stereocenters. The van der Waals surface area contributed by atoms with Crippen molar-refractivity contribution in [1.82, 2.24) is 30.4 Å². The number of pyridine rings is 2. The minimum absolute atomic E-state index is 0.0477. The lowest BCUT2D eigenvalue weighted by Crippen LogP contribution is -2.38. The summed E-state index contributed by atoms with van der Waals surface area (Å²) < 4.78 is 6.24. The van der Waals surface area contributed by atoms with E-state index in [4.69, 9.17) is 9.72 Å². The van der Waals surface area contributed by atoms with Gasteiger partial charge in [-0.25, -0.2) is 9.97 Å². The van der Waals surface area contributed by atoms with E-state index in [-0.39, 0.29) is 33.9 Å². The second-order valence-corrected chi connectivity index (χ2v) is 12.7. The van der Waals surface area contributed by atoms with Crippen molar-refractivity contribution in [2.75, 3.05) is 18.9 Å².